The van der Waals surface area contributed by atoms with Gasteiger partial charge in [0.2, 0.25) is 0 Å². The normalized spacial score (nSPS) is 17.2. The monoisotopic (exact) mass is 263 g/mol. The van der Waals surface area contributed by atoms with E-state index in [0.717, 1.165) is 25.9 Å². The summed E-state index contributed by atoms with van der Waals surface area (Å²) in [5.41, 5.74) is 3.59. The number of nitrogen functional groups attached to an aromatic ring is 1. The molecule has 104 valence electrons. The first kappa shape index (κ1) is 13.8. The van der Waals surface area contributed by atoms with Gasteiger partial charge in [0, 0.05) is 18.9 Å². The number of anilines is 1. The van der Waals surface area contributed by atoms with E-state index in [4.69, 9.17) is 5.84 Å². The number of nitrogens with one attached hydrogen (secondary N) is 2. The minimum atomic E-state index is -0.125. The fourth-order valence-corrected chi connectivity index (χ4v) is 2.30. The third kappa shape index (κ3) is 3.65. The summed E-state index contributed by atoms with van der Waals surface area (Å²) in [5.74, 6) is 5.82. The summed E-state index contributed by atoms with van der Waals surface area (Å²) >= 11 is 0. The van der Waals surface area contributed by atoms with E-state index in [1.807, 2.05) is 0 Å². The van der Waals surface area contributed by atoms with Crippen molar-refractivity contribution in [1.29, 1.82) is 0 Å². The van der Waals surface area contributed by atoms with Crippen LogP contribution in [0.2, 0.25) is 0 Å². The molecule has 0 saturated carbocycles. The number of pyridine rings is 1. The summed E-state index contributed by atoms with van der Waals surface area (Å²) in [6.45, 7) is 2.91. The lowest BCUT2D eigenvalue weighted by molar-refractivity contribution is 0.0939. The lowest BCUT2D eigenvalue weighted by Crippen LogP contribution is -2.37. The molecule has 0 spiro atoms. The number of carbonyl (C=O) groups excluding carboxylic acids is 1. The van der Waals surface area contributed by atoms with E-state index < -0.39 is 0 Å². The first-order valence-electron chi connectivity index (χ1n) is 6.58. The first-order chi connectivity index (χ1) is 9.20. The maximum atomic E-state index is 12.1. The molecular formula is C13H21N5O. The van der Waals surface area contributed by atoms with Crippen molar-refractivity contribution < 1.29 is 4.79 Å². The maximum absolute atomic E-state index is 12.1. The Bertz CT molecular complexity index is 429. The van der Waals surface area contributed by atoms with E-state index in [-0.39, 0.29) is 5.91 Å². The molecule has 1 aliphatic heterocycles. The summed E-state index contributed by atoms with van der Waals surface area (Å²) < 4.78 is 0. The van der Waals surface area contributed by atoms with E-state index in [1.165, 1.54) is 6.20 Å². The van der Waals surface area contributed by atoms with Crippen LogP contribution in [0.5, 0.6) is 0 Å². The second kappa shape index (κ2) is 6.49. The second-order valence-electron chi connectivity index (χ2n) is 5.02. The summed E-state index contributed by atoms with van der Waals surface area (Å²) in [4.78, 5) is 18.3. The summed E-state index contributed by atoms with van der Waals surface area (Å²) in [5, 5.41) is 2.97. The molecular weight excluding hydrogens is 242 g/mol. The number of rotatable bonds is 4. The van der Waals surface area contributed by atoms with E-state index >= 15 is 0 Å². The molecule has 1 aliphatic rings. The molecule has 4 N–H and O–H groups in total. The van der Waals surface area contributed by atoms with E-state index in [2.05, 4.69) is 27.7 Å². The number of amides is 1. The molecule has 1 saturated heterocycles. The van der Waals surface area contributed by atoms with Crippen molar-refractivity contribution in [1.82, 2.24) is 15.2 Å². The minimum absolute atomic E-state index is 0.125. The Labute approximate surface area is 113 Å². The third-order valence-electron chi connectivity index (χ3n) is 3.61. The highest BCUT2D eigenvalue weighted by molar-refractivity contribution is 5.99. The Morgan fingerprint density at radius 3 is 2.95 bits per heavy atom. The molecule has 0 aliphatic carbocycles. The van der Waals surface area contributed by atoms with Crippen molar-refractivity contribution in [3.8, 4) is 0 Å². The van der Waals surface area contributed by atoms with Gasteiger partial charge in [-0.25, -0.2) is 0 Å². The number of nitrogens with two attached hydrogens (primary N) is 1. The van der Waals surface area contributed by atoms with E-state index in [0.29, 0.717) is 23.7 Å². The number of hydrogen-bond acceptors (Lipinski definition) is 5. The van der Waals surface area contributed by atoms with Crippen molar-refractivity contribution in [2.75, 3.05) is 32.1 Å². The molecule has 0 radical (unpaired) electrons. The van der Waals surface area contributed by atoms with Gasteiger partial charge in [0.05, 0.1) is 11.3 Å². The Morgan fingerprint density at radius 2 is 2.26 bits per heavy atom. The molecule has 0 aromatic carbocycles. The van der Waals surface area contributed by atoms with Crippen LogP contribution in [0, 0.1) is 5.92 Å². The molecule has 1 aromatic rings. The molecule has 0 bridgehead atoms. The van der Waals surface area contributed by atoms with Crippen LogP contribution in [0.25, 0.3) is 0 Å². The molecule has 6 heteroatoms. The van der Waals surface area contributed by atoms with Gasteiger partial charge in [-0.1, -0.05) is 0 Å². The fraction of sp³-hybridized carbons (Fsp3) is 0.538. The minimum Gasteiger partial charge on any atom is -0.352 e. The number of nitrogens with zero attached hydrogens (tertiary/aromatic N) is 2. The highest BCUT2D eigenvalue weighted by Gasteiger charge is 2.18. The van der Waals surface area contributed by atoms with Crippen LogP contribution in [0.15, 0.2) is 18.5 Å². The quantitative estimate of drug-likeness (QED) is 0.542. The maximum Gasteiger partial charge on any atom is 0.255 e. The summed E-state index contributed by atoms with van der Waals surface area (Å²) in [6, 6.07) is 1.69. The van der Waals surface area contributed by atoms with Crippen LogP contribution < -0.4 is 16.6 Å². The molecule has 1 fully saturated rings. The summed E-state index contributed by atoms with van der Waals surface area (Å²) in [7, 11) is 2.13. The average Bonchev–Trinajstić information content (AvgIpc) is 2.46. The molecule has 19 heavy (non-hydrogen) atoms. The second-order valence-corrected chi connectivity index (χ2v) is 5.02. The zero-order valence-corrected chi connectivity index (χ0v) is 11.2. The van der Waals surface area contributed by atoms with Crippen LogP contribution in [-0.2, 0) is 0 Å². The number of hydrogen-bond donors (Lipinski definition) is 3. The fourth-order valence-electron chi connectivity index (χ4n) is 2.30. The molecule has 2 heterocycles. The van der Waals surface area contributed by atoms with Gasteiger partial charge in [0.15, 0.2) is 0 Å². The zero-order chi connectivity index (χ0) is 13.7. The molecule has 0 atom stereocenters. The SMILES string of the molecule is CN1CCC(CNC(=O)c2cnccc2NN)CC1. The number of carbonyl (C=O) groups is 1. The van der Waals surface area contributed by atoms with E-state index in [9.17, 15) is 4.79 Å². The van der Waals surface area contributed by atoms with Gasteiger partial charge in [0.1, 0.15) is 0 Å². The predicted molar refractivity (Wildman–Crippen MR) is 74.6 cm³/mol. The summed E-state index contributed by atoms with van der Waals surface area (Å²) in [6.07, 6.45) is 5.39. The number of aromatic nitrogens is 1. The van der Waals surface area contributed by atoms with Gasteiger partial charge in [0.25, 0.3) is 5.91 Å². The smallest absolute Gasteiger partial charge is 0.255 e. The van der Waals surface area contributed by atoms with E-state index in [1.54, 1.807) is 12.3 Å². The topological polar surface area (TPSA) is 83.3 Å². The number of piperidine rings is 1. The van der Waals surface area contributed by atoms with Gasteiger partial charge < -0.3 is 15.6 Å². The van der Waals surface area contributed by atoms with Crippen molar-refractivity contribution >= 4 is 11.6 Å². The molecule has 6 nitrogen and oxygen atoms in total. The average molecular weight is 263 g/mol. The van der Waals surface area contributed by atoms with Crippen LogP contribution in [0.4, 0.5) is 5.69 Å². The first-order valence-corrected chi connectivity index (χ1v) is 6.58. The van der Waals surface area contributed by atoms with Crippen molar-refractivity contribution in [3.63, 3.8) is 0 Å². The lowest BCUT2D eigenvalue weighted by Gasteiger charge is -2.28. The third-order valence-corrected chi connectivity index (χ3v) is 3.61. The molecule has 0 unspecified atom stereocenters. The van der Waals surface area contributed by atoms with Crippen LogP contribution >= 0.6 is 0 Å². The number of likely N-dealkylation sites (tertiary alicyclic amines) is 1. The van der Waals surface area contributed by atoms with Crippen LogP contribution in [0.1, 0.15) is 23.2 Å². The molecule has 1 aromatic heterocycles. The zero-order valence-electron chi connectivity index (χ0n) is 11.2. The van der Waals surface area contributed by atoms with Gasteiger partial charge >= 0.3 is 0 Å². The Kier molecular flexibility index (Phi) is 4.70. The van der Waals surface area contributed by atoms with Gasteiger partial charge in [-0.05, 0) is 45.0 Å². The van der Waals surface area contributed by atoms with Crippen molar-refractivity contribution in [2.24, 2.45) is 11.8 Å². The largest absolute Gasteiger partial charge is 0.352 e. The number of hydrazine groups is 1. The molecule has 2 rings (SSSR count). The van der Waals surface area contributed by atoms with Crippen molar-refractivity contribution in [3.05, 3.63) is 24.0 Å². The van der Waals surface area contributed by atoms with Gasteiger partial charge in [-0.3, -0.25) is 15.6 Å². The van der Waals surface area contributed by atoms with Gasteiger partial charge in [-0.2, -0.15) is 0 Å². The Hall–Kier alpha value is -1.66. The highest BCUT2D eigenvalue weighted by Crippen LogP contribution is 2.16. The van der Waals surface area contributed by atoms with Crippen LogP contribution in [-0.4, -0.2) is 42.5 Å². The van der Waals surface area contributed by atoms with Crippen molar-refractivity contribution in [2.45, 2.75) is 12.8 Å². The highest BCUT2D eigenvalue weighted by atomic mass is 16.1. The lowest BCUT2D eigenvalue weighted by atomic mass is 9.97. The van der Waals surface area contributed by atoms with Gasteiger partial charge in [-0.15, -0.1) is 0 Å². The predicted octanol–water partition coefficient (Wildman–Crippen LogP) is 0.439. The standard InChI is InChI=1S/C13H21N5O/c1-18-6-3-10(4-7-18)8-16-13(19)11-9-15-5-2-12(11)17-14/h2,5,9-10H,3-4,6-8,14H2,1H3,(H,15,17)(H,16,19). The molecule has 1 amide bonds. The van der Waals surface area contributed by atoms with Crippen LogP contribution in [0.3, 0.4) is 0 Å². The Morgan fingerprint density at radius 1 is 1.53 bits per heavy atom. The Balaban J connectivity index is 1.87.